The summed E-state index contributed by atoms with van der Waals surface area (Å²) in [6.45, 7) is 4.36. The molecule has 1 aliphatic rings. The molecule has 108 valence electrons. The van der Waals surface area contributed by atoms with Crippen molar-refractivity contribution >= 4 is 17.5 Å². The largest absolute Gasteiger partial charge is 0.348 e. The van der Waals surface area contributed by atoms with Crippen molar-refractivity contribution in [2.45, 2.75) is 38.8 Å². The van der Waals surface area contributed by atoms with Crippen molar-refractivity contribution in [3.05, 3.63) is 29.8 Å². The van der Waals surface area contributed by atoms with Crippen LogP contribution < -0.4 is 16.0 Å². The van der Waals surface area contributed by atoms with Gasteiger partial charge in [-0.05, 0) is 38.0 Å². The zero-order chi connectivity index (χ0) is 14.7. The normalized spacial score (nSPS) is 17.9. The standard InChI is InChI=1S/C15H21N3O2/c1-10(16)15(20)17-11(2)12-5-7-13(8-6-12)18-9-3-4-14(18)19/h5-8,10-11H,3-4,9,16H2,1-2H3,(H,17,20)/t10-,11?/m1/s1. The Kier molecular flexibility index (Phi) is 4.39. The number of nitrogens with one attached hydrogen (secondary N) is 1. The van der Waals surface area contributed by atoms with E-state index in [-0.39, 0.29) is 17.9 Å². The number of amides is 2. The van der Waals surface area contributed by atoms with Gasteiger partial charge in [-0.1, -0.05) is 12.1 Å². The lowest BCUT2D eigenvalue weighted by atomic mass is 10.1. The monoisotopic (exact) mass is 275 g/mol. The highest BCUT2D eigenvalue weighted by Crippen LogP contribution is 2.23. The number of carbonyl (C=O) groups excluding carboxylic acids is 2. The first-order valence-electron chi connectivity index (χ1n) is 6.95. The maximum Gasteiger partial charge on any atom is 0.237 e. The van der Waals surface area contributed by atoms with Gasteiger partial charge in [-0.2, -0.15) is 0 Å². The maximum absolute atomic E-state index is 11.7. The molecule has 1 saturated heterocycles. The number of rotatable bonds is 4. The number of carbonyl (C=O) groups is 2. The summed E-state index contributed by atoms with van der Waals surface area (Å²) in [5.74, 6) is 0.00681. The van der Waals surface area contributed by atoms with Gasteiger partial charge in [0.25, 0.3) is 0 Å². The highest BCUT2D eigenvalue weighted by molar-refractivity contribution is 5.95. The number of nitrogens with two attached hydrogens (primary N) is 1. The van der Waals surface area contributed by atoms with Gasteiger partial charge < -0.3 is 16.0 Å². The number of hydrogen-bond donors (Lipinski definition) is 2. The Balaban J connectivity index is 2.04. The lowest BCUT2D eigenvalue weighted by Gasteiger charge is -2.19. The van der Waals surface area contributed by atoms with Crippen LogP contribution in [-0.2, 0) is 9.59 Å². The Labute approximate surface area is 119 Å². The molecule has 0 radical (unpaired) electrons. The van der Waals surface area contributed by atoms with Gasteiger partial charge in [-0.3, -0.25) is 9.59 Å². The fourth-order valence-corrected chi connectivity index (χ4v) is 2.29. The summed E-state index contributed by atoms with van der Waals surface area (Å²) in [6, 6.07) is 7.11. The topological polar surface area (TPSA) is 75.4 Å². The second-order valence-electron chi connectivity index (χ2n) is 5.26. The van der Waals surface area contributed by atoms with Crippen molar-refractivity contribution in [3.8, 4) is 0 Å². The van der Waals surface area contributed by atoms with E-state index >= 15 is 0 Å². The molecule has 1 aromatic rings. The predicted octanol–water partition coefficient (Wildman–Crippen LogP) is 1.34. The van der Waals surface area contributed by atoms with E-state index in [2.05, 4.69) is 5.32 Å². The third-order valence-corrected chi connectivity index (χ3v) is 3.55. The predicted molar refractivity (Wildman–Crippen MR) is 78.2 cm³/mol. The van der Waals surface area contributed by atoms with Gasteiger partial charge in [0.05, 0.1) is 12.1 Å². The number of benzene rings is 1. The SMILES string of the molecule is CC(NC(=O)[C@@H](C)N)c1ccc(N2CCCC2=O)cc1. The van der Waals surface area contributed by atoms with E-state index in [1.165, 1.54) is 0 Å². The number of anilines is 1. The van der Waals surface area contributed by atoms with Crippen LogP contribution in [0, 0.1) is 0 Å². The molecule has 5 heteroatoms. The van der Waals surface area contributed by atoms with Crippen LogP contribution in [0.1, 0.15) is 38.3 Å². The maximum atomic E-state index is 11.7. The molecule has 1 heterocycles. The average Bonchev–Trinajstić information content (AvgIpc) is 2.85. The summed E-state index contributed by atoms with van der Waals surface area (Å²) in [7, 11) is 0. The van der Waals surface area contributed by atoms with Crippen molar-refractivity contribution in [2.24, 2.45) is 5.73 Å². The second-order valence-corrected chi connectivity index (χ2v) is 5.26. The lowest BCUT2D eigenvalue weighted by Crippen LogP contribution is -2.39. The summed E-state index contributed by atoms with van der Waals surface area (Å²) in [4.78, 5) is 25.0. The fourth-order valence-electron chi connectivity index (χ4n) is 2.29. The van der Waals surface area contributed by atoms with E-state index in [9.17, 15) is 9.59 Å². The van der Waals surface area contributed by atoms with Crippen molar-refractivity contribution in [3.63, 3.8) is 0 Å². The lowest BCUT2D eigenvalue weighted by molar-refractivity contribution is -0.122. The minimum Gasteiger partial charge on any atom is -0.348 e. The average molecular weight is 275 g/mol. The first kappa shape index (κ1) is 14.5. The van der Waals surface area contributed by atoms with Gasteiger partial charge in [0.2, 0.25) is 11.8 Å². The third kappa shape index (κ3) is 3.17. The molecule has 20 heavy (non-hydrogen) atoms. The van der Waals surface area contributed by atoms with Crippen molar-refractivity contribution in [1.82, 2.24) is 5.32 Å². The van der Waals surface area contributed by atoms with Crippen LogP contribution in [-0.4, -0.2) is 24.4 Å². The van der Waals surface area contributed by atoms with E-state index in [0.717, 1.165) is 24.2 Å². The molecular weight excluding hydrogens is 254 g/mol. The molecule has 5 nitrogen and oxygen atoms in total. The second kappa shape index (κ2) is 6.05. The van der Waals surface area contributed by atoms with E-state index < -0.39 is 6.04 Å². The molecule has 2 atom stereocenters. The minimum absolute atomic E-state index is 0.100. The zero-order valence-corrected chi connectivity index (χ0v) is 11.9. The quantitative estimate of drug-likeness (QED) is 0.870. The van der Waals surface area contributed by atoms with Gasteiger partial charge in [-0.15, -0.1) is 0 Å². The van der Waals surface area contributed by atoms with Gasteiger partial charge in [-0.25, -0.2) is 0 Å². The molecule has 1 unspecified atom stereocenters. The van der Waals surface area contributed by atoms with E-state index in [1.54, 1.807) is 11.8 Å². The number of hydrogen-bond acceptors (Lipinski definition) is 3. The van der Waals surface area contributed by atoms with Crippen LogP contribution in [0.3, 0.4) is 0 Å². The Morgan fingerprint density at radius 1 is 1.30 bits per heavy atom. The van der Waals surface area contributed by atoms with E-state index in [0.29, 0.717) is 6.42 Å². The van der Waals surface area contributed by atoms with Crippen LogP contribution >= 0.6 is 0 Å². The Morgan fingerprint density at radius 2 is 1.95 bits per heavy atom. The molecule has 3 N–H and O–H groups in total. The molecule has 0 spiro atoms. The first-order valence-corrected chi connectivity index (χ1v) is 6.95. The molecule has 2 rings (SSSR count). The highest BCUT2D eigenvalue weighted by Gasteiger charge is 2.21. The van der Waals surface area contributed by atoms with Crippen LogP contribution in [0.25, 0.3) is 0 Å². The summed E-state index contributed by atoms with van der Waals surface area (Å²) >= 11 is 0. The molecule has 1 aromatic carbocycles. The third-order valence-electron chi connectivity index (χ3n) is 3.55. The molecule has 0 saturated carbocycles. The molecule has 0 aromatic heterocycles. The fraction of sp³-hybridized carbons (Fsp3) is 0.467. The van der Waals surface area contributed by atoms with Crippen molar-refractivity contribution < 1.29 is 9.59 Å². The molecule has 1 fully saturated rings. The van der Waals surface area contributed by atoms with Crippen molar-refractivity contribution in [2.75, 3.05) is 11.4 Å². The zero-order valence-electron chi connectivity index (χ0n) is 11.9. The highest BCUT2D eigenvalue weighted by atomic mass is 16.2. The molecule has 2 amide bonds. The van der Waals surface area contributed by atoms with Gasteiger partial charge in [0.15, 0.2) is 0 Å². The molecular formula is C15H21N3O2. The molecule has 0 aliphatic carbocycles. The van der Waals surface area contributed by atoms with Gasteiger partial charge in [0.1, 0.15) is 0 Å². The molecule has 1 aliphatic heterocycles. The van der Waals surface area contributed by atoms with E-state index in [1.807, 2.05) is 31.2 Å². The number of nitrogens with zero attached hydrogens (tertiary/aromatic N) is 1. The van der Waals surface area contributed by atoms with Gasteiger partial charge >= 0.3 is 0 Å². The van der Waals surface area contributed by atoms with Gasteiger partial charge in [0, 0.05) is 18.7 Å². The van der Waals surface area contributed by atoms with Crippen LogP contribution in [0.4, 0.5) is 5.69 Å². The summed E-state index contributed by atoms with van der Waals surface area (Å²) in [5.41, 5.74) is 7.44. The minimum atomic E-state index is -0.515. The molecule has 0 bridgehead atoms. The first-order chi connectivity index (χ1) is 9.49. The summed E-state index contributed by atoms with van der Waals surface area (Å²) in [6.07, 6.45) is 1.55. The van der Waals surface area contributed by atoms with Crippen LogP contribution in [0.2, 0.25) is 0 Å². The van der Waals surface area contributed by atoms with E-state index in [4.69, 9.17) is 5.73 Å². The summed E-state index contributed by atoms with van der Waals surface area (Å²) < 4.78 is 0. The Hall–Kier alpha value is -1.88. The smallest absolute Gasteiger partial charge is 0.237 e. The Morgan fingerprint density at radius 3 is 2.45 bits per heavy atom. The van der Waals surface area contributed by atoms with Crippen molar-refractivity contribution in [1.29, 1.82) is 0 Å². The Bertz CT molecular complexity index is 496. The summed E-state index contributed by atoms with van der Waals surface area (Å²) in [5, 5.41) is 2.85. The van der Waals surface area contributed by atoms with Crippen LogP contribution in [0.5, 0.6) is 0 Å². The van der Waals surface area contributed by atoms with Crippen LogP contribution in [0.15, 0.2) is 24.3 Å².